The number of furan rings is 1. The van der Waals surface area contributed by atoms with Gasteiger partial charge in [-0.1, -0.05) is 160 Å². The summed E-state index contributed by atoms with van der Waals surface area (Å²) >= 11 is 0. The molecule has 2 nitrogen and oxygen atoms in total. The molecule has 0 atom stereocenters. The highest BCUT2D eigenvalue weighted by molar-refractivity contribution is 5.97. The Morgan fingerprint density at radius 3 is 1.89 bits per heavy atom. The Morgan fingerprint density at radius 1 is 0.482 bits per heavy atom. The van der Waals surface area contributed by atoms with Crippen LogP contribution in [-0.2, 0) is 11.8 Å². The highest BCUT2D eigenvalue weighted by Gasteiger charge is 2.26. The van der Waals surface area contributed by atoms with E-state index in [0.29, 0.717) is 0 Å². The third-order valence-corrected chi connectivity index (χ3v) is 11.5. The van der Waals surface area contributed by atoms with Crippen molar-refractivity contribution in [3.63, 3.8) is 0 Å². The van der Waals surface area contributed by atoms with Gasteiger partial charge in [0.15, 0.2) is 0 Å². The number of hydrogen-bond donors (Lipinski definition) is 0. The van der Waals surface area contributed by atoms with Crippen molar-refractivity contribution in [2.75, 3.05) is 4.90 Å². The number of para-hydroxylation sites is 1. The summed E-state index contributed by atoms with van der Waals surface area (Å²) in [6, 6.07) is 64.1. The summed E-state index contributed by atoms with van der Waals surface area (Å²) in [7, 11) is 0. The molecule has 2 heteroatoms. The zero-order chi connectivity index (χ0) is 37.8. The van der Waals surface area contributed by atoms with Crippen LogP contribution in [0.5, 0.6) is 0 Å². The Bertz CT molecular complexity index is 2930. The summed E-state index contributed by atoms with van der Waals surface area (Å²) in [4.78, 5) is 2.37. The number of anilines is 3. The lowest BCUT2D eigenvalue weighted by Crippen LogP contribution is -2.11. The second-order valence-electron chi connectivity index (χ2n) is 16.1. The van der Waals surface area contributed by atoms with Crippen LogP contribution >= 0.6 is 0 Å². The lowest BCUT2D eigenvalue weighted by molar-refractivity contribution is 0.549. The number of allylic oxidation sites excluding steroid dienone is 1. The Balaban J connectivity index is 1.06. The molecule has 1 heterocycles. The summed E-state index contributed by atoms with van der Waals surface area (Å²) < 4.78 is 6.81. The van der Waals surface area contributed by atoms with Gasteiger partial charge in [0.05, 0.1) is 0 Å². The number of fused-ring (bicyclic) bond motifs is 5. The van der Waals surface area contributed by atoms with Gasteiger partial charge in [0, 0.05) is 39.1 Å². The quantitative estimate of drug-likeness (QED) is 0.170. The smallest absolute Gasteiger partial charge is 0.138 e. The Morgan fingerprint density at radius 2 is 1.11 bits per heavy atom. The van der Waals surface area contributed by atoms with E-state index < -0.39 is 0 Å². The van der Waals surface area contributed by atoms with Crippen molar-refractivity contribution in [1.82, 2.24) is 0 Å². The maximum Gasteiger partial charge on any atom is 0.138 e. The van der Waals surface area contributed by atoms with Gasteiger partial charge in [-0.15, -0.1) is 0 Å². The highest BCUT2D eigenvalue weighted by atomic mass is 16.3. The number of rotatable bonds is 6. The van der Waals surface area contributed by atoms with E-state index in [-0.39, 0.29) is 5.41 Å². The van der Waals surface area contributed by atoms with E-state index >= 15 is 0 Å². The van der Waals surface area contributed by atoms with E-state index in [9.17, 15) is 0 Å². The second kappa shape index (κ2) is 13.6. The maximum atomic E-state index is 6.81. The zero-order valence-corrected chi connectivity index (χ0v) is 32.1. The van der Waals surface area contributed by atoms with Crippen LogP contribution in [0.3, 0.4) is 0 Å². The fourth-order valence-electron chi connectivity index (χ4n) is 8.63. The van der Waals surface area contributed by atoms with Crippen molar-refractivity contribution in [1.29, 1.82) is 0 Å². The second-order valence-corrected chi connectivity index (χ2v) is 16.1. The van der Waals surface area contributed by atoms with Crippen molar-refractivity contribution < 1.29 is 4.42 Å². The van der Waals surface area contributed by atoms with E-state index in [1.807, 2.05) is 0 Å². The standard InChI is InChI=1S/C54H43NO/c1-54(2,3)51-23-11-22-50-49-21-10-20-48(52(49)56-53(50)51)39-28-32-44(33-29-39)55(43-30-26-38(27-31-43)47-19-9-15-37-13-6-7-18-46(37)47)45-17-8-16-41(35-45)42-25-24-36-12-4-5-14-40(36)34-42/h4-9,11-20,22-35H,10,21H2,1-3H3. The van der Waals surface area contributed by atoms with Crippen LogP contribution in [0.1, 0.15) is 49.6 Å². The molecule has 0 bridgehead atoms. The van der Waals surface area contributed by atoms with Crippen LogP contribution in [0.25, 0.3) is 60.3 Å². The predicted octanol–water partition coefficient (Wildman–Crippen LogP) is 15.2. The molecular weight excluding hydrogens is 679 g/mol. The number of hydrogen-bond acceptors (Lipinski definition) is 2. The van der Waals surface area contributed by atoms with Crippen LogP contribution in [0, 0.1) is 0 Å². The first-order valence-electron chi connectivity index (χ1n) is 19.7. The van der Waals surface area contributed by atoms with Crippen LogP contribution in [0.15, 0.2) is 186 Å². The number of benzene rings is 8. The van der Waals surface area contributed by atoms with E-state index in [2.05, 4.69) is 208 Å². The molecule has 0 radical (unpaired) electrons. The molecule has 1 aliphatic carbocycles. The maximum absolute atomic E-state index is 6.81. The van der Waals surface area contributed by atoms with Gasteiger partial charge in [0.2, 0.25) is 0 Å². The number of nitrogens with zero attached hydrogens (tertiary/aromatic N) is 1. The normalized spacial score (nSPS) is 12.9. The van der Waals surface area contributed by atoms with E-state index in [4.69, 9.17) is 4.42 Å². The van der Waals surface area contributed by atoms with Gasteiger partial charge in [-0.05, 0) is 110 Å². The fraction of sp³-hybridized carbons (Fsp3) is 0.111. The predicted molar refractivity (Wildman–Crippen MR) is 237 cm³/mol. The molecule has 0 spiro atoms. The van der Waals surface area contributed by atoms with Gasteiger partial charge in [-0.2, -0.15) is 0 Å². The molecule has 0 unspecified atom stereocenters. The fourth-order valence-corrected chi connectivity index (χ4v) is 8.63. The zero-order valence-electron chi connectivity index (χ0n) is 32.1. The van der Waals surface area contributed by atoms with Crippen molar-refractivity contribution >= 4 is 55.1 Å². The Kier molecular flexibility index (Phi) is 8.22. The minimum atomic E-state index is -0.00632. The highest BCUT2D eigenvalue weighted by Crippen LogP contribution is 2.43. The lowest BCUT2D eigenvalue weighted by Gasteiger charge is -2.27. The molecular formula is C54H43NO. The van der Waals surface area contributed by atoms with E-state index in [1.54, 1.807) is 0 Å². The van der Waals surface area contributed by atoms with Crippen LogP contribution in [0.2, 0.25) is 0 Å². The Hall–Kier alpha value is -6.64. The molecule has 270 valence electrons. The van der Waals surface area contributed by atoms with Gasteiger partial charge in [-0.3, -0.25) is 0 Å². The van der Waals surface area contributed by atoms with Gasteiger partial charge in [-0.25, -0.2) is 0 Å². The average molecular weight is 722 g/mol. The van der Waals surface area contributed by atoms with Gasteiger partial charge >= 0.3 is 0 Å². The molecule has 9 aromatic rings. The largest absolute Gasteiger partial charge is 0.455 e. The molecule has 0 fully saturated rings. The van der Waals surface area contributed by atoms with Crippen molar-refractivity contribution in [3.05, 3.63) is 204 Å². The molecule has 1 aliphatic rings. The topological polar surface area (TPSA) is 16.4 Å². The van der Waals surface area contributed by atoms with Crippen molar-refractivity contribution in [3.8, 4) is 22.3 Å². The molecule has 1 aromatic heterocycles. The molecule has 0 amide bonds. The average Bonchev–Trinajstić information content (AvgIpc) is 3.63. The van der Waals surface area contributed by atoms with Gasteiger partial charge < -0.3 is 9.32 Å². The SMILES string of the molecule is CC(C)(C)c1cccc2c3c(oc12)C(c1ccc(N(c2ccc(-c4cccc5ccccc45)cc2)c2cccc(-c4ccc5ccccc5c4)c2)cc1)=CCC3. The molecule has 56 heavy (non-hydrogen) atoms. The van der Waals surface area contributed by atoms with Crippen molar-refractivity contribution in [2.45, 2.75) is 39.0 Å². The molecule has 0 saturated heterocycles. The third kappa shape index (κ3) is 5.99. The molecule has 0 N–H and O–H groups in total. The minimum Gasteiger partial charge on any atom is -0.455 e. The summed E-state index contributed by atoms with van der Waals surface area (Å²) in [5.41, 5.74) is 14.1. The summed E-state index contributed by atoms with van der Waals surface area (Å²) in [6.07, 6.45) is 4.34. The first kappa shape index (κ1) is 33.9. The molecule has 8 aromatic carbocycles. The van der Waals surface area contributed by atoms with Crippen LogP contribution < -0.4 is 4.90 Å². The van der Waals surface area contributed by atoms with Crippen LogP contribution in [0.4, 0.5) is 17.1 Å². The molecule has 0 aliphatic heterocycles. The van der Waals surface area contributed by atoms with E-state index in [0.717, 1.165) is 41.2 Å². The summed E-state index contributed by atoms with van der Waals surface area (Å²) in [5.74, 6) is 1.01. The summed E-state index contributed by atoms with van der Waals surface area (Å²) in [6.45, 7) is 6.79. The van der Waals surface area contributed by atoms with Gasteiger partial charge in [0.1, 0.15) is 11.3 Å². The minimum absolute atomic E-state index is 0.00632. The van der Waals surface area contributed by atoms with E-state index in [1.165, 1.54) is 71.4 Å². The molecule has 10 rings (SSSR count). The van der Waals surface area contributed by atoms with Gasteiger partial charge in [0.25, 0.3) is 0 Å². The lowest BCUT2D eigenvalue weighted by atomic mass is 9.85. The monoisotopic (exact) mass is 721 g/mol. The third-order valence-electron chi connectivity index (χ3n) is 11.5. The Labute approximate surface area is 329 Å². The molecule has 0 saturated carbocycles. The first-order chi connectivity index (χ1) is 27.4. The first-order valence-corrected chi connectivity index (χ1v) is 19.7. The van der Waals surface area contributed by atoms with Crippen LogP contribution in [-0.4, -0.2) is 0 Å². The van der Waals surface area contributed by atoms with Crippen molar-refractivity contribution in [2.24, 2.45) is 0 Å². The summed E-state index contributed by atoms with van der Waals surface area (Å²) in [5, 5.41) is 6.25. The number of aryl methyl sites for hydroxylation is 1.